The number of carbonyl (C=O) groups excluding carboxylic acids is 1. The molecule has 114 valence electrons. The Bertz CT molecular complexity index is 561. The predicted octanol–water partition coefficient (Wildman–Crippen LogP) is 2.07. The van der Waals surface area contributed by atoms with Crippen molar-refractivity contribution in [2.24, 2.45) is 11.1 Å². The molecule has 0 saturated heterocycles. The molecule has 1 fully saturated rings. The molecule has 2 rings (SSSR count). The van der Waals surface area contributed by atoms with Gasteiger partial charge in [-0.1, -0.05) is 18.6 Å². The molecule has 1 aliphatic rings. The highest BCUT2D eigenvalue weighted by Crippen LogP contribution is 2.38. The minimum Gasteiger partial charge on any atom is -0.341 e. The van der Waals surface area contributed by atoms with Crippen LogP contribution in [-0.2, 0) is 11.3 Å². The quantitative estimate of drug-likeness (QED) is 0.679. The van der Waals surface area contributed by atoms with E-state index in [2.05, 4.69) is 0 Å². The van der Waals surface area contributed by atoms with Crippen molar-refractivity contribution in [3.8, 4) is 0 Å². The van der Waals surface area contributed by atoms with Gasteiger partial charge in [-0.25, -0.2) is 0 Å². The third-order valence-electron chi connectivity index (χ3n) is 4.41. The number of rotatable bonds is 4. The third-order valence-corrected chi connectivity index (χ3v) is 4.41. The van der Waals surface area contributed by atoms with Gasteiger partial charge in [0.1, 0.15) is 0 Å². The fourth-order valence-electron chi connectivity index (χ4n) is 3.01. The van der Waals surface area contributed by atoms with E-state index in [1.54, 1.807) is 24.1 Å². The summed E-state index contributed by atoms with van der Waals surface area (Å²) in [4.78, 5) is 24.6. The van der Waals surface area contributed by atoms with Crippen LogP contribution in [0, 0.1) is 15.5 Å². The van der Waals surface area contributed by atoms with Gasteiger partial charge in [0, 0.05) is 31.8 Å². The fourth-order valence-corrected chi connectivity index (χ4v) is 3.01. The molecule has 0 radical (unpaired) electrons. The van der Waals surface area contributed by atoms with Crippen LogP contribution in [0.1, 0.15) is 31.7 Å². The zero-order valence-corrected chi connectivity index (χ0v) is 12.4. The summed E-state index contributed by atoms with van der Waals surface area (Å²) in [5.74, 6) is 0.0130. The number of nitro groups is 1. The Morgan fingerprint density at radius 1 is 1.57 bits per heavy atom. The summed E-state index contributed by atoms with van der Waals surface area (Å²) in [6.45, 7) is 2.26. The van der Waals surface area contributed by atoms with Crippen molar-refractivity contribution < 1.29 is 9.72 Å². The zero-order chi connectivity index (χ0) is 15.6. The van der Waals surface area contributed by atoms with Crippen molar-refractivity contribution >= 4 is 11.6 Å². The van der Waals surface area contributed by atoms with Gasteiger partial charge in [-0.2, -0.15) is 0 Å². The molecule has 0 aromatic heterocycles. The SMILES string of the molecule is CN(Cc1cccc([N+](=O)[O-])c1)C(=O)C1(C)CCCC1N. The Balaban J connectivity index is 2.11. The van der Waals surface area contributed by atoms with E-state index in [9.17, 15) is 14.9 Å². The lowest BCUT2D eigenvalue weighted by Gasteiger charge is -2.32. The first-order chi connectivity index (χ1) is 9.84. The molecular formula is C15H21N3O3. The second-order valence-corrected chi connectivity index (χ2v) is 6.00. The minimum absolute atomic E-state index is 0.0130. The summed E-state index contributed by atoms with van der Waals surface area (Å²) in [6, 6.07) is 6.25. The van der Waals surface area contributed by atoms with Gasteiger partial charge in [-0.15, -0.1) is 0 Å². The largest absolute Gasteiger partial charge is 0.341 e. The molecule has 0 bridgehead atoms. The number of amides is 1. The van der Waals surface area contributed by atoms with Gasteiger partial charge in [-0.3, -0.25) is 14.9 Å². The van der Waals surface area contributed by atoms with Crippen molar-refractivity contribution in [2.45, 2.75) is 38.8 Å². The first-order valence-corrected chi connectivity index (χ1v) is 7.09. The van der Waals surface area contributed by atoms with Crippen molar-refractivity contribution in [1.29, 1.82) is 0 Å². The van der Waals surface area contributed by atoms with Crippen molar-refractivity contribution in [2.75, 3.05) is 7.05 Å². The normalized spacial score (nSPS) is 24.8. The lowest BCUT2D eigenvalue weighted by atomic mass is 9.83. The van der Waals surface area contributed by atoms with Gasteiger partial charge in [0.05, 0.1) is 10.3 Å². The van der Waals surface area contributed by atoms with Crippen LogP contribution in [0.5, 0.6) is 0 Å². The van der Waals surface area contributed by atoms with Crippen LogP contribution in [0.15, 0.2) is 24.3 Å². The van der Waals surface area contributed by atoms with Crippen molar-refractivity contribution in [3.63, 3.8) is 0 Å². The summed E-state index contributed by atoms with van der Waals surface area (Å²) in [6.07, 6.45) is 2.63. The topological polar surface area (TPSA) is 89.5 Å². The molecule has 2 unspecified atom stereocenters. The summed E-state index contributed by atoms with van der Waals surface area (Å²) >= 11 is 0. The molecule has 21 heavy (non-hydrogen) atoms. The highest BCUT2D eigenvalue weighted by molar-refractivity contribution is 5.83. The smallest absolute Gasteiger partial charge is 0.269 e. The lowest BCUT2D eigenvalue weighted by molar-refractivity contribution is -0.384. The van der Waals surface area contributed by atoms with Gasteiger partial charge in [0.25, 0.3) is 5.69 Å². The van der Waals surface area contributed by atoms with Crippen LogP contribution in [0.3, 0.4) is 0 Å². The van der Waals surface area contributed by atoms with E-state index in [0.717, 1.165) is 24.8 Å². The molecule has 1 aliphatic carbocycles. The van der Waals surface area contributed by atoms with Crippen LogP contribution >= 0.6 is 0 Å². The molecule has 0 heterocycles. The Kier molecular flexibility index (Phi) is 4.27. The number of hydrogen-bond donors (Lipinski definition) is 1. The second kappa shape index (κ2) is 5.81. The number of hydrogen-bond acceptors (Lipinski definition) is 4. The molecule has 2 atom stereocenters. The van der Waals surface area contributed by atoms with Gasteiger partial charge in [0.2, 0.25) is 5.91 Å². The molecule has 1 saturated carbocycles. The van der Waals surface area contributed by atoms with E-state index in [4.69, 9.17) is 5.73 Å². The monoisotopic (exact) mass is 291 g/mol. The van der Waals surface area contributed by atoms with Gasteiger partial charge in [0.15, 0.2) is 0 Å². The Labute approximate surface area is 124 Å². The molecule has 6 nitrogen and oxygen atoms in total. The van der Waals surface area contributed by atoms with E-state index in [0.29, 0.717) is 6.54 Å². The minimum atomic E-state index is -0.518. The van der Waals surface area contributed by atoms with E-state index in [-0.39, 0.29) is 17.6 Å². The average molecular weight is 291 g/mol. The van der Waals surface area contributed by atoms with Gasteiger partial charge in [-0.05, 0) is 25.3 Å². The Hall–Kier alpha value is -1.95. The van der Waals surface area contributed by atoms with E-state index in [1.165, 1.54) is 12.1 Å². The second-order valence-electron chi connectivity index (χ2n) is 6.00. The maximum Gasteiger partial charge on any atom is 0.269 e. The number of nitro benzene ring substituents is 1. The average Bonchev–Trinajstić information content (AvgIpc) is 2.79. The Morgan fingerprint density at radius 3 is 2.86 bits per heavy atom. The number of carbonyl (C=O) groups is 1. The van der Waals surface area contributed by atoms with Gasteiger partial charge >= 0.3 is 0 Å². The molecule has 0 aliphatic heterocycles. The summed E-state index contributed by atoms with van der Waals surface area (Å²) in [7, 11) is 1.72. The van der Waals surface area contributed by atoms with E-state index < -0.39 is 10.3 Å². The van der Waals surface area contributed by atoms with Gasteiger partial charge < -0.3 is 10.6 Å². The molecule has 1 aromatic rings. The maximum absolute atomic E-state index is 12.6. The predicted molar refractivity (Wildman–Crippen MR) is 79.5 cm³/mol. The molecule has 1 amide bonds. The first kappa shape index (κ1) is 15.4. The lowest BCUT2D eigenvalue weighted by Crippen LogP contribution is -2.47. The summed E-state index contributed by atoms with van der Waals surface area (Å²) < 4.78 is 0. The standard InChI is InChI=1S/C15H21N3O3/c1-15(8-4-7-13(15)16)14(19)17(2)10-11-5-3-6-12(9-11)18(20)21/h3,5-6,9,13H,4,7-8,10,16H2,1-2H3. The first-order valence-electron chi connectivity index (χ1n) is 7.09. The molecule has 1 aromatic carbocycles. The number of benzene rings is 1. The van der Waals surface area contributed by atoms with E-state index >= 15 is 0 Å². The van der Waals surface area contributed by atoms with Crippen LogP contribution in [0.25, 0.3) is 0 Å². The zero-order valence-electron chi connectivity index (χ0n) is 12.4. The van der Waals surface area contributed by atoms with Crippen LogP contribution in [-0.4, -0.2) is 28.8 Å². The molecule has 6 heteroatoms. The highest BCUT2D eigenvalue weighted by atomic mass is 16.6. The van der Waals surface area contributed by atoms with Crippen molar-refractivity contribution in [3.05, 3.63) is 39.9 Å². The molecular weight excluding hydrogens is 270 g/mol. The van der Waals surface area contributed by atoms with Crippen LogP contribution in [0.2, 0.25) is 0 Å². The Morgan fingerprint density at radius 2 is 2.29 bits per heavy atom. The van der Waals surface area contributed by atoms with Crippen molar-refractivity contribution in [1.82, 2.24) is 4.90 Å². The fraction of sp³-hybridized carbons (Fsp3) is 0.533. The molecule has 0 spiro atoms. The number of nitrogens with zero attached hydrogens (tertiary/aromatic N) is 2. The summed E-state index contributed by atoms with van der Waals surface area (Å²) in [5.41, 5.74) is 6.34. The maximum atomic E-state index is 12.6. The highest BCUT2D eigenvalue weighted by Gasteiger charge is 2.44. The third kappa shape index (κ3) is 3.05. The van der Waals surface area contributed by atoms with E-state index in [1.807, 2.05) is 6.92 Å². The molecule has 2 N–H and O–H groups in total. The number of non-ortho nitro benzene ring substituents is 1. The van der Waals surface area contributed by atoms with Crippen LogP contribution in [0.4, 0.5) is 5.69 Å². The summed E-state index contributed by atoms with van der Waals surface area (Å²) in [5, 5.41) is 10.8. The van der Waals surface area contributed by atoms with Crippen LogP contribution < -0.4 is 5.73 Å². The number of nitrogens with two attached hydrogens (primary N) is 1.